The maximum atomic E-state index is 13.5. The Labute approximate surface area is 148 Å². The van der Waals surface area contributed by atoms with Crippen molar-refractivity contribution in [3.63, 3.8) is 0 Å². The molecule has 5 heteroatoms. The molecule has 132 valence electrons. The summed E-state index contributed by atoms with van der Waals surface area (Å²) in [6.07, 6.45) is 0.444. The van der Waals surface area contributed by atoms with Gasteiger partial charge < -0.3 is 10.2 Å². The fourth-order valence-corrected chi connectivity index (χ4v) is 3.05. The summed E-state index contributed by atoms with van der Waals surface area (Å²) in [6.45, 7) is 4.84. The molecule has 0 bridgehead atoms. The number of nitrogens with zero attached hydrogens (tertiary/aromatic N) is 2. The van der Waals surface area contributed by atoms with Crippen molar-refractivity contribution in [1.29, 1.82) is 0 Å². The molecule has 1 aliphatic rings. The van der Waals surface area contributed by atoms with Crippen molar-refractivity contribution in [2.45, 2.75) is 13.0 Å². The van der Waals surface area contributed by atoms with E-state index in [-0.39, 0.29) is 18.3 Å². The second-order valence-electron chi connectivity index (χ2n) is 6.28. The Kier molecular flexibility index (Phi) is 6.01. The van der Waals surface area contributed by atoms with E-state index < -0.39 is 0 Å². The molecule has 1 saturated heterocycles. The van der Waals surface area contributed by atoms with Gasteiger partial charge in [0.15, 0.2) is 0 Å². The first kappa shape index (κ1) is 17.4. The predicted octanol–water partition coefficient (Wildman–Crippen LogP) is 2.65. The molecule has 3 rings (SSSR count). The number of piperazine rings is 1. The van der Waals surface area contributed by atoms with Crippen LogP contribution in [0.5, 0.6) is 0 Å². The van der Waals surface area contributed by atoms with Crippen LogP contribution in [0.1, 0.15) is 12.0 Å². The monoisotopic (exact) mass is 341 g/mol. The lowest BCUT2D eigenvalue weighted by molar-refractivity contribution is -0.121. The molecule has 1 amide bonds. The van der Waals surface area contributed by atoms with Gasteiger partial charge in [0.25, 0.3) is 0 Å². The average Bonchev–Trinajstić information content (AvgIpc) is 2.67. The van der Waals surface area contributed by atoms with Gasteiger partial charge in [0, 0.05) is 56.9 Å². The number of benzene rings is 2. The minimum absolute atomic E-state index is 0.0336. The third-order valence-corrected chi connectivity index (χ3v) is 4.58. The first-order valence-electron chi connectivity index (χ1n) is 8.75. The van der Waals surface area contributed by atoms with Crippen LogP contribution in [0.4, 0.5) is 10.1 Å². The SMILES string of the molecule is O=C(CCN1CCN(c2ccccc2)CC1)NCc1ccccc1F. The van der Waals surface area contributed by atoms with Gasteiger partial charge in [-0.15, -0.1) is 0 Å². The number of nitrogens with one attached hydrogen (secondary N) is 1. The summed E-state index contributed by atoms with van der Waals surface area (Å²) in [7, 11) is 0. The number of anilines is 1. The highest BCUT2D eigenvalue weighted by atomic mass is 19.1. The molecule has 1 fully saturated rings. The predicted molar refractivity (Wildman–Crippen MR) is 98.0 cm³/mol. The molecule has 0 atom stereocenters. The number of carbonyl (C=O) groups excluding carboxylic acids is 1. The van der Waals surface area contributed by atoms with Gasteiger partial charge in [-0.1, -0.05) is 36.4 Å². The van der Waals surface area contributed by atoms with E-state index in [4.69, 9.17) is 0 Å². The summed E-state index contributed by atoms with van der Waals surface area (Å²) in [6, 6.07) is 16.9. The minimum atomic E-state index is -0.278. The van der Waals surface area contributed by atoms with Crippen LogP contribution in [0.2, 0.25) is 0 Å². The summed E-state index contributed by atoms with van der Waals surface area (Å²) < 4.78 is 13.5. The zero-order valence-electron chi connectivity index (χ0n) is 14.3. The third kappa shape index (κ3) is 5.03. The lowest BCUT2D eigenvalue weighted by Gasteiger charge is -2.36. The largest absolute Gasteiger partial charge is 0.369 e. The van der Waals surface area contributed by atoms with E-state index >= 15 is 0 Å². The highest BCUT2D eigenvalue weighted by molar-refractivity contribution is 5.76. The highest BCUT2D eigenvalue weighted by Gasteiger charge is 2.17. The fourth-order valence-electron chi connectivity index (χ4n) is 3.05. The number of hydrogen-bond donors (Lipinski definition) is 1. The Bertz CT molecular complexity index is 684. The van der Waals surface area contributed by atoms with Crippen LogP contribution in [-0.4, -0.2) is 43.5 Å². The van der Waals surface area contributed by atoms with Crippen molar-refractivity contribution in [2.24, 2.45) is 0 Å². The Balaban J connectivity index is 1.37. The van der Waals surface area contributed by atoms with Crippen molar-refractivity contribution in [2.75, 3.05) is 37.6 Å². The molecule has 25 heavy (non-hydrogen) atoms. The maximum absolute atomic E-state index is 13.5. The summed E-state index contributed by atoms with van der Waals surface area (Å²) in [5.41, 5.74) is 1.78. The van der Waals surface area contributed by atoms with Crippen molar-refractivity contribution < 1.29 is 9.18 Å². The molecule has 1 N–H and O–H groups in total. The van der Waals surface area contributed by atoms with Gasteiger partial charge in [0.1, 0.15) is 5.82 Å². The molecule has 1 heterocycles. The van der Waals surface area contributed by atoms with Crippen molar-refractivity contribution in [3.05, 3.63) is 66.0 Å². The van der Waals surface area contributed by atoms with Crippen molar-refractivity contribution >= 4 is 11.6 Å². The molecule has 0 spiro atoms. The zero-order chi connectivity index (χ0) is 17.5. The van der Waals surface area contributed by atoms with Crippen LogP contribution in [0.3, 0.4) is 0 Å². The standard InChI is InChI=1S/C20H24FN3O/c21-19-9-5-4-6-17(19)16-22-20(25)10-11-23-12-14-24(15-13-23)18-7-2-1-3-8-18/h1-9H,10-16H2,(H,22,25). The minimum Gasteiger partial charge on any atom is -0.369 e. The number of para-hydroxylation sites is 1. The molecule has 2 aromatic rings. The van der Waals surface area contributed by atoms with Crippen LogP contribution in [-0.2, 0) is 11.3 Å². The number of amides is 1. The molecule has 4 nitrogen and oxygen atoms in total. The van der Waals surface area contributed by atoms with E-state index in [1.165, 1.54) is 11.8 Å². The lowest BCUT2D eigenvalue weighted by Crippen LogP contribution is -2.47. The lowest BCUT2D eigenvalue weighted by atomic mass is 10.2. The van der Waals surface area contributed by atoms with Gasteiger partial charge in [0.2, 0.25) is 5.91 Å². The molecule has 2 aromatic carbocycles. The van der Waals surface area contributed by atoms with Gasteiger partial charge in [0.05, 0.1) is 0 Å². The Morgan fingerprint density at radius 1 is 0.960 bits per heavy atom. The third-order valence-electron chi connectivity index (χ3n) is 4.58. The number of hydrogen-bond acceptors (Lipinski definition) is 3. The normalized spacial score (nSPS) is 15.2. The Morgan fingerprint density at radius 2 is 1.64 bits per heavy atom. The van der Waals surface area contributed by atoms with Gasteiger partial charge in [-0.2, -0.15) is 0 Å². The quantitative estimate of drug-likeness (QED) is 0.877. The first-order chi connectivity index (χ1) is 12.2. The van der Waals surface area contributed by atoms with Gasteiger partial charge >= 0.3 is 0 Å². The van der Waals surface area contributed by atoms with Crippen LogP contribution >= 0.6 is 0 Å². The van der Waals surface area contributed by atoms with Crippen molar-refractivity contribution in [1.82, 2.24) is 10.2 Å². The van der Waals surface area contributed by atoms with Gasteiger partial charge in [-0.3, -0.25) is 9.69 Å². The van der Waals surface area contributed by atoms with E-state index in [2.05, 4.69) is 39.4 Å². The van der Waals surface area contributed by atoms with Crippen LogP contribution in [0.15, 0.2) is 54.6 Å². The molecule has 0 aromatic heterocycles. The first-order valence-corrected chi connectivity index (χ1v) is 8.75. The topological polar surface area (TPSA) is 35.6 Å². The van der Waals surface area contributed by atoms with E-state index in [1.807, 2.05) is 6.07 Å². The van der Waals surface area contributed by atoms with Crippen LogP contribution < -0.4 is 10.2 Å². The van der Waals surface area contributed by atoms with Crippen LogP contribution in [0, 0.1) is 5.82 Å². The average molecular weight is 341 g/mol. The zero-order valence-corrected chi connectivity index (χ0v) is 14.3. The molecular weight excluding hydrogens is 317 g/mol. The van der Waals surface area contributed by atoms with Gasteiger partial charge in [-0.05, 0) is 18.2 Å². The Morgan fingerprint density at radius 3 is 2.36 bits per heavy atom. The smallest absolute Gasteiger partial charge is 0.221 e. The molecule has 1 aliphatic heterocycles. The number of rotatable bonds is 6. The van der Waals surface area contributed by atoms with E-state index in [0.717, 1.165) is 32.7 Å². The second-order valence-corrected chi connectivity index (χ2v) is 6.28. The summed E-state index contributed by atoms with van der Waals surface area (Å²) in [4.78, 5) is 16.7. The van der Waals surface area contributed by atoms with Crippen molar-refractivity contribution in [3.8, 4) is 0 Å². The molecule has 0 radical (unpaired) electrons. The summed E-state index contributed by atoms with van der Waals surface area (Å²) in [5.74, 6) is -0.312. The molecule has 0 aliphatic carbocycles. The molecule has 0 saturated carbocycles. The molecule has 0 unspecified atom stereocenters. The van der Waals surface area contributed by atoms with E-state index in [0.29, 0.717) is 12.0 Å². The summed E-state index contributed by atoms with van der Waals surface area (Å²) in [5, 5.41) is 2.80. The second kappa shape index (κ2) is 8.62. The number of carbonyl (C=O) groups is 1. The Hall–Kier alpha value is -2.40. The highest BCUT2D eigenvalue weighted by Crippen LogP contribution is 2.15. The van der Waals surface area contributed by atoms with Gasteiger partial charge in [-0.25, -0.2) is 4.39 Å². The van der Waals surface area contributed by atoms with Crippen LogP contribution in [0.25, 0.3) is 0 Å². The fraction of sp³-hybridized carbons (Fsp3) is 0.350. The molecular formula is C20H24FN3O. The maximum Gasteiger partial charge on any atom is 0.221 e. The summed E-state index contributed by atoms with van der Waals surface area (Å²) >= 11 is 0. The van der Waals surface area contributed by atoms with E-state index in [1.54, 1.807) is 18.2 Å². The number of halogens is 1. The van der Waals surface area contributed by atoms with E-state index in [9.17, 15) is 9.18 Å².